The summed E-state index contributed by atoms with van der Waals surface area (Å²) in [5.41, 5.74) is 2.02. The summed E-state index contributed by atoms with van der Waals surface area (Å²) in [6, 6.07) is 10.6. The first-order valence-electron chi connectivity index (χ1n) is 17.3. The van der Waals surface area contributed by atoms with Crippen molar-refractivity contribution in [2.45, 2.75) is 113 Å². The van der Waals surface area contributed by atoms with Crippen molar-refractivity contribution in [1.82, 2.24) is 20.1 Å². The van der Waals surface area contributed by atoms with E-state index in [4.69, 9.17) is 0 Å². The van der Waals surface area contributed by atoms with Gasteiger partial charge in [-0.3, -0.25) is 9.59 Å². The molecule has 8 rings (SSSR count). The number of aromatic amines is 1. The van der Waals surface area contributed by atoms with E-state index in [1.54, 1.807) is 24.3 Å². The van der Waals surface area contributed by atoms with Crippen molar-refractivity contribution in [3.63, 3.8) is 0 Å². The summed E-state index contributed by atoms with van der Waals surface area (Å²) in [6.07, 6.45) is 12.9. The van der Waals surface area contributed by atoms with Crippen molar-refractivity contribution in [3.8, 4) is 0 Å². The van der Waals surface area contributed by atoms with Crippen LogP contribution in [0.4, 0.5) is 0 Å². The van der Waals surface area contributed by atoms with Gasteiger partial charge in [0.2, 0.25) is 5.91 Å². The summed E-state index contributed by atoms with van der Waals surface area (Å²) in [6.45, 7) is 4.86. The fraction of sp³-hybridized carbons (Fsp3) is 0.667. The molecule has 8 nitrogen and oxygen atoms in total. The molecule has 6 aliphatic rings. The molecule has 0 spiro atoms. The molecule has 2 unspecified atom stereocenters. The third-order valence-electron chi connectivity index (χ3n) is 12.4. The van der Waals surface area contributed by atoms with E-state index in [9.17, 15) is 18.0 Å². The minimum atomic E-state index is -3.52. The van der Waals surface area contributed by atoms with Gasteiger partial charge in [0.25, 0.3) is 5.91 Å². The lowest BCUT2D eigenvalue weighted by Gasteiger charge is -2.56. The number of hydrogen-bond acceptors (Lipinski definition) is 5. The summed E-state index contributed by atoms with van der Waals surface area (Å²) >= 11 is 0. The zero-order chi connectivity index (χ0) is 31.5. The van der Waals surface area contributed by atoms with Crippen molar-refractivity contribution in [2.75, 3.05) is 19.3 Å². The molecule has 6 fully saturated rings. The summed E-state index contributed by atoms with van der Waals surface area (Å²) in [5, 5.41) is 3.04. The van der Waals surface area contributed by atoms with Crippen LogP contribution in [0.5, 0.6) is 0 Å². The second-order valence-corrected chi connectivity index (χ2v) is 17.5. The number of rotatable bonds is 9. The minimum absolute atomic E-state index is 0.0144. The molecule has 2 N–H and O–H groups in total. The highest BCUT2D eigenvalue weighted by Gasteiger charge is 2.52. The average Bonchev–Trinajstić information content (AvgIpc) is 3.65. The molecule has 5 aliphatic carbocycles. The Morgan fingerprint density at radius 3 is 2.33 bits per heavy atom. The van der Waals surface area contributed by atoms with Gasteiger partial charge >= 0.3 is 0 Å². The van der Waals surface area contributed by atoms with Gasteiger partial charge in [-0.15, -0.1) is 0 Å². The zero-order valence-electron chi connectivity index (χ0n) is 27.1. The molecule has 5 saturated carbocycles. The number of amides is 2. The molecule has 9 heteroatoms. The molecule has 244 valence electrons. The molecular formula is C36H50N4O4S. The van der Waals surface area contributed by atoms with Crippen LogP contribution in [0.1, 0.15) is 94.1 Å². The smallest absolute Gasteiger partial charge is 0.268 e. The van der Waals surface area contributed by atoms with Gasteiger partial charge < -0.3 is 20.1 Å². The van der Waals surface area contributed by atoms with Crippen LogP contribution in [-0.2, 0) is 20.0 Å². The Morgan fingerprint density at radius 2 is 1.69 bits per heavy atom. The van der Waals surface area contributed by atoms with Gasteiger partial charge in [-0.2, -0.15) is 0 Å². The van der Waals surface area contributed by atoms with Gasteiger partial charge in [-0.05, 0) is 138 Å². The molecule has 4 bridgehead atoms. The van der Waals surface area contributed by atoms with Crippen molar-refractivity contribution in [1.29, 1.82) is 0 Å². The molecule has 2 aromatic rings. The molecule has 1 aromatic carbocycles. The van der Waals surface area contributed by atoms with Crippen LogP contribution in [0, 0.1) is 23.7 Å². The van der Waals surface area contributed by atoms with Gasteiger partial charge in [-0.25, -0.2) is 8.42 Å². The van der Waals surface area contributed by atoms with E-state index in [1.807, 2.05) is 11.0 Å². The highest BCUT2D eigenvalue weighted by atomic mass is 32.2. The molecule has 1 aliphatic heterocycles. The van der Waals surface area contributed by atoms with Crippen molar-refractivity contribution in [3.05, 3.63) is 53.9 Å². The predicted molar refractivity (Wildman–Crippen MR) is 175 cm³/mol. The maximum atomic E-state index is 13.9. The number of hydrogen-bond donors (Lipinski definition) is 2. The Balaban J connectivity index is 1.04. The van der Waals surface area contributed by atoms with Crippen molar-refractivity contribution < 1.29 is 18.0 Å². The lowest BCUT2D eigenvalue weighted by atomic mass is 9.48. The van der Waals surface area contributed by atoms with E-state index in [-0.39, 0.29) is 41.0 Å². The van der Waals surface area contributed by atoms with E-state index in [1.165, 1.54) is 44.1 Å². The SMILES string of the molecule is CC(C)N(C)[C@@H]1CCC(N2CC[C@H](NC(=O)c3cc(C45CC6CC(CC(C6)C4)C5)c[nH]3)C2=O)C(CS(=O)(=O)c2ccccc2)C1. The van der Waals surface area contributed by atoms with Crippen LogP contribution < -0.4 is 5.32 Å². The normalized spacial score (nSPS) is 34.6. The Labute approximate surface area is 268 Å². The average molecular weight is 635 g/mol. The second kappa shape index (κ2) is 11.9. The van der Waals surface area contributed by atoms with E-state index >= 15 is 0 Å². The van der Waals surface area contributed by atoms with Crippen LogP contribution >= 0.6 is 0 Å². The predicted octanol–water partition coefficient (Wildman–Crippen LogP) is 5.16. The number of carbonyl (C=O) groups excluding carboxylic acids is 2. The maximum Gasteiger partial charge on any atom is 0.268 e. The Kier molecular flexibility index (Phi) is 8.16. The standard InChI is InChI=1S/C36H50N4O4S/c1-23(2)39(3)29-9-10-33(27(16-29)22-45(43,44)30-7-5-4-6-8-30)40-12-11-31(35(40)42)38-34(41)32-17-28(21-37-32)36-18-24-13-25(19-36)15-26(14-24)20-36/h4-8,17,21,23-27,29,31,33,37H,9-16,18-20,22H2,1-3H3,(H,38,41)/t24?,25?,26?,27?,29-,31+,33?,36?/m1/s1. The number of carbonyl (C=O) groups is 2. The Bertz CT molecular complexity index is 1480. The van der Waals surface area contributed by atoms with Gasteiger partial charge in [0, 0.05) is 30.9 Å². The highest BCUT2D eigenvalue weighted by Crippen LogP contribution is 2.60. The minimum Gasteiger partial charge on any atom is -0.357 e. The number of nitrogens with one attached hydrogen (secondary N) is 2. The maximum absolute atomic E-state index is 13.9. The van der Waals surface area contributed by atoms with Gasteiger partial charge in [0.1, 0.15) is 11.7 Å². The summed E-state index contributed by atoms with van der Waals surface area (Å²) in [7, 11) is -1.41. The van der Waals surface area contributed by atoms with Crippen molar-refractivity contribution in [2.24, 2.45) is 23.7 Å². The lowest BCUT2D eigenvalue weighted by molar-refractivity contribution is -0.133. The largest absolute Gasteiger partial charge is 0.357 e. The first-order valence-corrected chi connectivity index (χ1v) is 19.0. The van der Waals surface area contributed by atoms with Crippen LogP contribution in [0.15, 0.2) is 47.5 Å². The summed E-state index contributed by atoms with van der Waals surface area (Å²) in [4.78, 5) is 35.1. The third kappa shape index (κ3) is 5.88. The van der Waals surface area contributed by atoms with Crippen LogP contribution in [0.3, 0.4) is 0 Å². The van der Waals surface area contributed by atoms with E-state index < -0.39 is 15.9 Å². The van der Waals surface area contributed by atoms with Crippen LogP contribution in [0.2, 0.25) is 0 Å². The first-order chi connectivity index (χ1) is 21.5. The fourth-order valence-electron chi connectivity index (χ4n) is 10.3. The van der Waals surface area contributed by atoms with E-state index in [2.05, 4.69) is 48.4 Å². The lowest BCUT2D eigenvalue weighted by Crippen LogP contribution is -2.53. The number of aromatic nitrogens is 1. The summed E-state index contributed by atoms with van der Waals surface area (Å²) in [5.74, 6) is 2.02. The zero-order valence-corrected chi connectivity index (χ0v) is 27.9. The number of benzene rings is 1. The highest BCUT2D eigenvalue weighted by molar-refractivity contribution is 7.91. The molecule has 0 radical (unpaired) electrons. The molecule has 4 atom stereocenters. The third-order valence-corrected chi connectivity index (χ3v) is 14.2. The Hall–Kier alpha value is -2.65. The number of nitrogens with zero attached hydrogens (tertiary/aromatic N) is 2. The van der Waals surface area contributed by atoms with Gasteiger partial charge in [0.05, 0.1) is 10.6 Å². The number of likely N-dealkylation sites (tertiary alicyclic amines) is 1. The molecular weight excluding hydrogens is 584 g/mol. The monoisotopic (exact) mass is 634 g/mol. The van der Waals surface area contributed by atoms with Crippen molar-refractivity contribution >= 4 is 21.7 Å². The summed E-state index contributed by atoms with van der Waals surface area (Å²) < 4.78 is 27.1. The first kappa shape index (κ1) is 31.0. The molecule has 1 saturated heterocycles. The number of H-pyrrole nitrogens is 1. The molecule has 2 heterocycles. The van der Waals surface area contributed by atoms with Crippen LogP contribution in [0.25, 0.3) is 0 Å². The van der Waals surface area contributed by atoms with Gasteiger partial charge in [-0.1, -0.05) is 18.2 Å². The fourth-order valence-corrected chi connectivity index (χ4v) is 12.0. The van der Waals surface area contributed by atoms with E-state index in [0.717, 1.165) is 37.0 Å². The molecule has 1 aromatic heterocycles. The van der Waals surface area contributed by atoms with Gasteiger partial charge in [0.15, 0.2) is 9.84 Å². The number of sulfone groups is 1. The topological polar surface area (TPSA) is 103 Å². The van der Waals surface area contributed by atoms with E-state index in [0.29, 0.717) is 29.6 Å². The molecule has 2 amide bonds. The quantitative estimate of drug-likeness (QED) is 0.397. The molecule has 45 heavy (non-hydrogen) atoms. The second-order valence-electron chi connectivity index (χ2n) is 15.5. The van der Waals surface area contributed by atoms with Crippen LogP contribution in [-0.4, -0.2) is 78.5 Å². The Morgan fingerprint density at radius 1 is 1.02 bits per heavy atom.